The number of hydrogen-bond donors (Lipinski definition) is 1. The van der Waals surface area contributed by atoms with Crippen LogP contribution in [0, 0.1) is 10.1 Å². The lowest BCUT2D eigenvalue weighted by Crippen LogP contribution is -2.36. The van der Waals surface area contributed by atoms with Crippen molar-refractivity contribution in [2.75, 3.05) is 6.61 Å². The molecule has 0 radical (unpaired) electrons. The number of hydrogen-bond acceptors (Lipinski definition) is 7. The van der Waals surface area contributed by atoms with Crippen molar-refractivity contribution in [3.05, 3.63) is 56.4 Å². The van der Waals surface area contributed by atoms with Crippen molar-refractivity contribution in [1.29, 1.82) is 0 Å². The standard InChI is InChI=1S/C17H16N2O6/c1-4-24-16(20)12-8(2)18-9(3)13-14(12)10-6-5-7-11(19(22)23)15(10)25-17(13)21/h5-7,14,18H,4H2,1-3H3. The molecule has 8 nitrogen and oxygen atoms in total. The molecule has 8 heteroatoms. The SMILES string of the molecule is CCOC(=O)C1=C(C)NC(C)=C2C(=O)Oc3c(cccc3[N+](=O)[O-])C12. The molecule has 0 fully saturated rings. The van der Waals surface area contributed by atoms with Crippen LogP contribution in [-0.2, 0) is 14.3 Å². The predicted molar refractivity (Wildman–Crippen MR) is 86.6 cm³/mol. The topological polar surface area (TPSA) is 108 Å². The van der Waals surface area contributed by atoms with Crippen LogP contribution in [0.4, 0.5) is 5.69 Å². The van der Waals surface area contributed by atoms with Crippen molar-refractivity contribution in [1.82, 2.24) is 5.32 Å². The predicted octanol–water partition coefficient (Wildman–Crippen LogP) is 2.31. The van der Waals surface area contributed by atoms with Gasteiger partial charge in [0.1, 0.15) is 0 Å². The van der Waals surface area contributed by atoms with Gasteiger partial charge >= 0.3 is 17.6 Å². The van der Waals surface area contributed by atoms with Gasteiger partial charge in [0.05, 0.1) is 28.6 Å². The first kappa shape index (κ1) is 16.7. The van der Waals surface area contributed by atoms with Crippen LogP contribution in [-0.4, -0.2) is 23.5 Å². The molecule has 1 unspecified atom stereocenters. The van der Waals surface area contributed by atoms with E-state index in [1.807, 2.05) is 0 Å². The molecule has 1 N–H and O–H groups in total. The van der Waals surface area contributed by atoms with Crippen molar-refractivity contribution in [3.8, 4) is 5.75 Å². The molecule has 1 aromatic carbocycles. The van der Waals surface area contributed by atoms with Gasteiger partial charge in [0.2, 0.25) is 5.75 Å². The summed E-state index contributed by atoms with van der Waals surface area (Å²) in [4.78, 5) is 35.6. The van der Waals surface area contributed by atoms with Crippen molar-refractivity contribution in [2.24, 2.45) is 0 Å². The number of dihydropyridines is 1. The fraction of sp³-hybridized carbons (Fsp3) is 0.294. The Morgan fingerprint density at radius 3 is 2.72 bits per heavy atom. The van der Waals surface area contributed by atoms with Crippen LogP contribution in [0.1, 0.15) is 32.3 Å². The number of benzene rings is 1. The quantitative estimate of drug-likeness (QED) is 0.388. The maximum absolute atomic E-state index is 12.5. The molecular formula is C17H16N2O6. The third-order valence-electron chi connectivity index (χ3n) is 4.20. The maximum Gasteiger partial charge on any atom is 0.342 e. The lowest BCUT2D eigenvalue weighted by molar-refractivity contribution is -0.385. The van der Waals surface area contributed by atoms with E-state index >= 15 is 0 Å². The number of fused-ring (bicyclic) bond motifs is 3. The Bertz CT molecular complexity index is 868. The first-order chi connectivity index (χ1) is 11.9. The number of nitrogens with one attached hydrogen (secondary N) is 1. The second kappa shape index (κ2) is 6.04. The van der Waals surface area contributed by atoms with Crippen LogP contribution in [0.2, 0.25) is 0 Å². The van der Waals surface area contributed by atoms with Gasteiger partial charge in [0.15, 0.2) is 0 Å². The molecule has 1 aromatic rings. The molecule has 0 saturated heterocycles. The molecule has 0 aliphatic carbocycles. The number of carbonyl (C=O) groups is 2. The van der Waals surface area contributed by atoms with Gasteiger partial charge in [-0.1, -0.05) is 12.1 Å². The summed E-state index contributed by atoms with van der Waals surface area (Å²) >= 11 is 0. The fourth-order valence-electron chi connectivity index (χ4n) is 3.23. The van der Waals surface area contributed by atoms with Gasteiger partial charge in [-0.3, -0.25) is 10.1 Å². The number of nitro benzene ring substituents is 1. The second-order valence-electron chi connectivity index (χ2n) is 5.70. The van der Waals surface area contributed by atoms with Gasteiger partial charge in [-0.05, 0) is 20.8 Å². The van der Waals surface area contributed by atoms with E-state index < -0.39 is 22.8 Å². The number of rotatable bonds is 3. The Morgan fingerprint density at radius 1 is 1.36 bits per heavy atom. The summed E-state index contributed by atoms with van der Waals surface area (Å²) in [5.41, 5.74) is 1.66. The van der Waals surface area contributed by atoms with Crippen molar-refractivity contribution in [2.45, 2.75) is 26.7 Å². The molecule has 2 heterocycles. The van der Waals surface area contributed by atoms with Crippen LogP contribution < -0.4 is 10.1 Å². The zero-order valence-electron chi connectivity index (χ0n) is 13.9. The zero-order valence-corrected chi connectivity index (χ0v) is 13.9. The van der Waals surface area contributed by atoms with Gasteiger partial charge in [-0.2, -0.15) is 0 Å². The van der Waals surface area contributed by atoms with Gasteiger partial charge in [0, 0.05) is 23.0 Å². The van der Waals surface area contributed by atoms with Crippen LogP contribution in [0.25, 0.3) is 0 Å². The molecule has 2 aliphatic rings. The van der Waals surface area contributed by atoms with Crippen LogP contribution in [0.5, 0.6) is 5.75 Å². The van der Waals surface area contributed by atoms with Gasteiger partial charge < -0.3 is 14.8 Å². The summed E-state index contributed by atoms with van der Waals surface area (Å²) in [7, 11) is 0. The number of nitro groups is 1. The van der Waals surface area contributed by atoms with Crippen molar-refractivity contribution in [3.63, 3.8) is 0 Å². The van der Waals surface area contributed by atoms with Crippen LogP contribution in [0.3, 0.4) is 0 Å². The molecule has 3 rings (SSSR count). The number of nitrogens with zero attached hydrogens (tertiary/aromatic N) is 1. The van der Waals surface area contributed by atoms with E-state index in [2.05, 4.69) is 5.32 Å². The smallest absolute Gasteiger partial charge is 0.342 e. The Morgan fingerprint density at radius 2 is 2.08 bits per heavy atom. The largest absolute Gasteiger partial charge is 0.463 e. The lowest BCUT2D eigenvalue weighted by Gasteiger charge is -2.33. The van der Waals surface area contributed by atoms with E-state index in [9.17, 15) is 19.7 Å². The molecule has 130 valence electrons. The highest BCUT2D eigenvalue weighted by Gasteiger charge is 2.44. The Balaban J connectivity index is 2.27. The summed E-state index contributed by atoms with van der Waals surface area (Å²) in [6.07, 6.45) is 0. The summed E-state index contributed by atoms with van der Waals surface area (Å²) in [6, 6.07) is 4.38. The second-order valence-corrected chi connectivity index (χ2v) is 5.70. The number of carbonyl (C=O) groups excluding carboxylic acids is 2. The van der Waals surface area contributed by atoms with E-state index in [0.717, 1.165) is 0 Å². The third kappa shape index (κ3) is 2.55. The molecule has 0 bridgehead atoms. The number of esters is 2. The van der Waals surface area contributed by atoms with Crippen LogP contribution in [0.15, 0.2) is 40.7 Å². The summed E-state index contributed by atoms with van der Waals surface area (Å²) < 4.78 is 10.4. The molecule has 2 aliphatic heterocycles. The first-order valence-corrected chi connectivity index (χ1v) is 7.72. The highest BCUT2D eigenvalue weighted by molar-refractivity contribution is 6.03. The fourth-order valence-corrected chi connectivity index (χ4v) is 3.23. The zero-order chi connectivity index (χ0) is 18.3. The molecule has 0 spiro atoms. The van der Waals surface area contributed by atoms with E-state index in [-0.39, 0.29) is 29.2 Å². The average Bonchev–Trinajstić information content (AvgIpc) is 2.53. The molecule has 25 heavy (non-hydrogen) atoms. The highest BCUT2D eigenvalue weighted by Crippen LogP contribution is 2.48. The number of ether oxygens (including phenoxy) is 2. The Labute approximate surface area is 143 Å². The third-order valence-corrected chi connectivity index (χ3v) is 4.20. The van der Waals surface area contributed by atoms with Gasteiger partial charge in [-0.15, -0.1) is 0 Å². The molecule has 1 atom stereocenters. The minimum Gasteiger partial charge on any atom is -0.463 e. The van der Waals surface area contributed by atoms with Crippen LogP contribution >= 0.6 is 0 Å². The van der Waals surface area contributed by atoms with E-state index in [4.69, 9.17) is 9.47 Å². The summed E-state index contributed by atoms with van der Waals surface area (Å²) in [5.74, 6) is -2.19. The molecular weight excluding hydrogens is 328 g/mol. The van der Waals surface area contributed by atoms with E-state index in [0.29, 0.717) is 17.0 Å². The average molecular weight is 344 g/mol. The van der Waals surface area contributed by atoms with Crippen molar-refractivity contribution < 1.29 is 24.0 Å². The van der Waals surface area contributed by atoms with Gasteiger partial charge in [0.25, 0.3) is 0 Å². The molecule has 0 saturated carbocycles. The van der Waals surface area contributed by atoms with Crippen molar-refractivity contribution >= 4 is 17.6 Å². The summed E-state index contributed by atoms with van der Waals surface area (Å²) in [6.45, 7) is 5.24. The van der Waals surface area contributed by atoms with E-state index in [1.54, 1.807) is 26.8 Å². The lowest BCUT2D eigenvalue weighted by atomic mass is 9.78. The minimum absolute atomic E-state index is 0.129. The maximum atomic E-state index is 12.5. The highest BCUT2D eigenvalue weighted by atomic mass is 16.6. The number of para-hydroxylation sites is 1. The summed E-state index contributed by atoms with van der Waals surface area (Å²) in [5, 5.41) is 14.3. The monoisotopic (exact) mass is 344 g/mol. The number of allylic oxidation sites excluding steroid dienone is 2. The Kier molecular flexibility index (Phi) is 4.03. The first-order valence-electron chi connectivity index (χ1n) is 7.72. The Hall–Kier alpha value is -3.16. The van der Waals surface area contributed by atoms with E-state index in [1.165, 1.54) is 12.1 Å². The molecule has 0 aromatic heterocycles. The normalized spacial score (nSPS) is 18.8. The molecule has 0 amide bonds. The minimum atomic E-state index is -0.767. The van der Waals surface area contributed by atoms with Gasteiger partial charge in [-0.25, -0.2) is 9.59 Å².